The van der Waals surface area contributed by atoms with E-state index in [4.69, 9.17) is 0 Å². The number of hydrogen-bond acceptors (Lipinski definition) is 3. The quantitative estimate of drug-likeness (QED) is 0.785. The summed E-state index contributed by atoms with van der Waals surface area (Å²) in [5.74, 6) is -0.736. The topological polar surface area (TPSA) is 78.5 Å². The predicted octanol–water partition coefficient (Wildman–Crippen LogP) is 2.08. The van der Waals surface area contributed by atoms with Crippen molar-refractivity contribution < 1.29 is 27.6 Å². The van der Waals surface area contributed by atoms with E-state index in [1.807, 2.05) is 0 Å². The Kier molecular flexibility index (Phi) is 4.88. The number of benzene rings is 1. The van der Waals surface area contributed by atoms with Crippen LogP contribution in [0.5, 0.6) is 0 Å². The van der Waals surface area contributed by atoms with Crippen molar-refractivity contribution in [2.24, 2.45) is 5.92 Å². The summed E-state index contributed by atoms with van der Waals surface area (Å²) in [6.07, 6.45) is -3.50. The summed E-state index contributed by atoms with van der Waals surface area (Å²) in [5.41, 5.74) is -1.46. The van der Waals surface area contributed by atoms with Gasteiger partial charge in [-0.25, -0.2) is 4.79 Å². The number of hydrogen-bond donors (Lipinski definition) is 2. The maximum Gasteiger partial charge on any atom is 0.416 e. The van der Waals surface area contributed by atoms with Crippen LogP contribution in [-0.4, -0.2) is 41.4 Å². The van der Waals surface area contributed by atoms with E-state index in [1.165, 1.54) is 12.1 Å². The van der Waals surface area contributed by atoms with Crippen LogP contribution < -0.4 is 10.6 Å². The standard InChI is InChI=1S/C18H20F3N3O3/c1-17(15(26)22-16(27)23-17)12-5-7-24(8-6-12)14(25)10-11-3-2-4-13(9-11)18(19,20)21/h2-4,9,12H,5-8,10H2,1H3,(H2,22,23,26,27). The number of nitrogens with zero attached hydrogens (tertiary/aromatic N) is 1. The molecule has 2 saturated heterocycles. The summed E-state index contributed by atoms with van der Waals surface area (Å²) >= 11 is 0. The van der Waals surface area contributed by atoms with E-state index < -0.39 is 23.3 Å². The van der Waals surface area contributed by atoms with Crippen LogP contribution in [0.2, 0.25) is 0 Å². The van der Waals surface area contributed by atoms with Gasteiger partial charge in [-0.2, -0.15) is 13.2 Å². The van der Waals surface area contributed by atoms with Crippen LogP contribution in [0.3, 0.4) is 0 Å². The highest BCUT2D eigenvalue weighted by Gasteiger charge is 2.48. The van der Waals surface area contributed by atoms with Gasteiger partial charge < -0.3 is 10.2 Å². The number of nitrogens with one attached hydrogen (secondary N) is 2. The Labute approximate surface area is 154 Å². The second-order valence-electron chi connectivity index (χ2n) is 7.14. The van der Waals surface area contributed by atoms with E-state index >= 15 is 0 Å². The molecule has 9 heteroatoms. The maximum absolute atomic E-state index is 12.8. The smallest absolute Gasteiger partial charge is 0.342 e. The van der Waals surface area contributed by atoms with Gasteiger partial charge in [0.2, 0.25) is 5.91 Å². The van der Waals surface area contributed by atoms with E-state index in [-0.39, 0.29) is 24.2 Å². The monoisotopic (exact) mass is 383 g/mol. The summed E-state index contributed by atoms with van der Waals surface area (Å²) in [6.45, 7) is 2.44. The highest BCUT2D eigenvalue weighted by atomic mass is 19.4. The minimum Gasteiger partial charge on any atom is -0.342 e. The molecule has 2 aliphatic heterocycles. The third kappa shape index (κ3) is 3.91. The Balaban J connectivity index is 1.59. The molecule has 0 bridgehead atoms. The van der Waals surface area contributed by atoms with Crippen LogP contribution in [0.4, 0.5) is 18.0 Å². The van der Waals surface area contributed by atoms with Crippen molar-refractivity contribution >= 4 is 17.8 Å². The maximum atomic E-state index is 12.8. The summed E-state index contributed by atoms with van der Waals surface area (Å²) in [4.78, 5) is 37.4. The molecule has 0 aromatic heterocycles. The van der Waals surface area contributed by atoms with Crippen molar-refractivity contribution in [3.63, 3.8) is 0 Å². The van der Waals surface area contributed by atoms with Gasteiger partial charge in [-0.3, -0.25) is 14.9 Å². The molecule has 1 aromatic rings. The van der Waals surface area contributed by atoms with Crippen LogP contribution in [0.1, 0.15) is 30.9 Å². The number of carbonyl (C=O) groups is 3. The van der Waals surface area contributed by atoms with Gasteiger partial charge in [0.05, 0.1) is 12.0 Å². The summed E-state index contributed by atoms with van der Waals surface area (Å²) in [6, 6.07) is 4.23. The lowest BCUT2D eigenvalue weighted by Gasteiger charge is -2.38. The molecule has 2 N–H and O–H groups in total. The lowest BCUT2D eigenvalue weighted by atomic mass is 9.79. The van der Waals surface area contributed by atoms with Gasteiger partial charge in [0.1, 0.15) is 5.54 Å². The van der Waals surface area contributed by atoms with Gasteiger partial charge in [-0.05, 0) is 37.3 Å². The van der Waals surface area contributed by atoms with Gasteiger partial charge in [0.15, 0.2) is 0 Å². The van der Waals surface area contributed by atoms with Gasteiger partial charge in [0, 0.05) is 13.1 Å². The minimum absolute atomic E-state index is 0.108. The minimum atomic E-state index is -4.45. The fourth-order valence-electron chi connectivity index (χ4n) is 3.69. The number of imide groups is 1. The van der Waals surface area contributed by atoms with E-state index in [0.717, 1.165) is 12.1 Å². The van der Waals surface area contributed by atoms with Gasteiger partial charge in [0.25, 0.3) is 5.91 Å². The Morgan fingerprint density at radius 2 is 1.93 bits per heavy atom. The molecule has 0 spiro atoms. The third-order valence-corrected chi connectivity index (χ3v) is 5.35. The lowest BCUT2D eigenvalue weighted by Crippen LogP contribution is -2.54. The molecule has 2 aliphatic rings. The number of likely N-dealkylation sites (tertiary alicyclic amines) is 1. The van der Waals surface area contributed by atoms with Crippen LogP contribution in [-0.2, 0) is 22.2 Å². The summed E-state index contributed by atoms with van der Waals surface area (Å²) in [7, 11) is 0. The molecule has 0 radical (unpaired) electrons. The number of halogens is 3. The van der Waals surface area contributed by atoms with E-state index in [0.29, 0.717) is 31.5 Å². The average Bonchev–Trinajstić information content (AvgIpc) is 2.87. The molecule has 0 saturated carbocycles. The first kappa shape index (κ1) is 19.2. The van der Waals surface area contributed by atoms with Gasteiger partial charge in [-0.15, -0.1) is 0 Å². The molecule has 6 nitrogen and oxygen atoms in total. The largest absolute Gasteiger partial charge is 0.416 e. The molecule has 2 heterocycles. The van der Waals surface area contributed by atoms with E-state index in [9.17, 15) is 27.6 Å². The average molecular weight is 383 g/mol. The molecule has 1 unspecified atom stereocenters. The number of carbonyl (C=O) groups excluding carboxylic acids is 3. The SMILES string of the molecule is CC1(C2CCN(C(=O)Cc3cccc(C(F)(F)F)c3)CC2)NC(=O)NC1=O. The van der Waals surface area contributed by atoms with Crippen LogP contribution in [0.15, 0.2) is 24.3 Å². The Morgan fingerprint density at radius 1 is 1.26 bits per heavy atom. The van der Waals surface area contributed by atoms with Crippen molar-refractivity contribution in [1.29, 1.82) is 0 Å². The van der Waals surface area contributed by atoms with Crippen molar-refractivity contribution in [3.8, 4) is 0 Å². The number of rotatable bonds is 3. The van der Waals surface area contributed by atoms with Crippen molar-refractivity contribution in [2.45, 2.75) is 37.9 Å². The number of urea groups is 1. The zero-order chi connectivity index (χ0) is 19.8. The summed E-state index contributed by atoms with van der Waals surface area (Å²) < 4.78 is 38.4. The highest BCUT2D eigenvalue weighted by Crippen LogP contribution is 2.32. The molecule has 1 atom stereocenters. The molecule has 0 aliphatic carbocycles. The highest BCUT2D eigenvalue weighted by molar-refractivity contribution is 6.07. The van der Waals surface area contributed by atoms with Crippen molar-refractivity contribution in [2.75, 3.05) is 13.1 Å². The summed E-state index contributed by atoms with van der Waals surface area (Å²) in [5, 5.41) is 4.87. The fourth-order valence-corrected chi connectivity index (χ4v) is 3.69. The Hall–Kier alpha value is -2.58. The van der Waals surface area contributed by atoms with Crippen LogP contribution in [0.25, 0.3) is 0 Å². The molecule has 4 amide bonds. The number of piperidine rings is 1. The van der Waals surface area contributed by atoms with Gasteiger partial charge >= 0.3 is 12.2 Å². The van der Waals surface area contributed by atoms with E-state index in [2.05, 4.69) is 10.6 Å². The predicted molar refractivity (Wildman–Crippen MR) is 89.5 cm³/mol. The van der Waals surface area contributed by atoms with Crippen LogP contribution in [0, 0.1) is 5.92 Å². The first-order valence-corrected chi connectivity index (χ1v) is 8.67. The van der Waals surface area contributed by atoms with E-state index in [1.54, 1.807) is 11.8 Å². The second kappa shape index (κ2) is 6.86. The lowest BCUT2D eigenvalue weighted by molar-refractivity contribution is -0.138. The van der Waals surface area contributed by atoms with Crippen molar-refractivity contribution in [3.05, 3.63) is 35.4 Å². The second-order valence-corrected chi connectivity index (χ2v) is 7.14. The first-order valence-electron chi connectivity index (χ1n) is 8.67. The van der Waals surface area contributed by atoms with Gasteiger partial charge in [-0.1, -0.05) is 18.2 Å². The Morgan fingerprint density at radius 3 is 2.48 bits per heavy atom. The first-order chi connectivity index (χ1) is 12.6. The van der Waals surface area contributed by atoms with Crippen molar-refractivity contribution in [1.82, 2.24) is 15.5 Å². The Bertz CT molecular complexity index is 773. The molecular formula is C18H20F3N3O3. The molecule has 3 rings (SSSR count). The van der Waals surface area contributed by atoms with Crippen LogP contribution >= 0.6 is 0 Å². The molecular weight excluding hydrogens is 363 g/mol. The molecule has 1 aromatic carbocycles. The molecule has 2 fully saturated rings. The fraction of sp³-hybridized carbons (Fsp3) is 0.500. The number of alkyl halides is 3. The third-order valence-electron chi connectivity index (χ3n) is 5.35. The zero-order valence-electron chi connectivity index (χ0n) is 14.7. The number of amides is 4. The molecule has 27 heavy (non-hydrogen) atoms. The zero-order valence-corrected chi connectivity index (χ0v) is 14.7. The normalized spacial score (nSPS) is 23.9. The molecule has 146 valence electrons.